The predicted molar refractivity (Wildman–Crippen MR) is 62.2 cm³/mol. The molecule has 1 saturated heterocycles. The first-order valence-electron chi connectivity index (χ1n) is 5.62. The van der Waals surface area contributed by atoms with Gasteiger partial charge in [0, 0.05) is 24.3 Å². The SMILES string of the molecule is O=C1CN(c2cccc(F)c2CO)CCCN1. The summed E-state index contributed by atoms with van der Waals surface area (Å²) in [5, 5.41) is 12.0. The number of benzene rings is 1. The highest BCUT2D eigenvalue weighted by molar-refractivity contribution is 5.82. The van der Waals surface area contributed by atoms with Crippen LogP contribution in [0.1, 0.15) is 12.0 Å². The number of carbonyl (C=O) groups excluding carboxylic acids is 1. The van der Waals surface area contributed by atoms with Gasteiger partial charge in [0.15, 0.2) is 0 Å². The first-order valence-corrected chi connectivity index (χ1v) is 5.62. The molecule has 0 aromatic heterocycles. The molecule has 17 heavy (non-hydrogen) atoms. The number of aliphatic hydroxyl groups excluding tert-OH is 1. The van der Waals surface area contributed by atoms with E-state index < -0.39 is 5.82 Å². The Morgan fingerprint density at radius 3 is 3.06 bits per heavy atom. The summed E-state index contributed by atoms with van der Waals surface area (Å²) in [6.07, 6.45) is 0.813. The van der Waals surface area contributed by atoms with Crippen LogP contribution in [-0.4, -0.2) is 30.6 Å². The third kappa shape index (κ3) is 2.55. The summed E-state index contributed by atoms with van der Waals surface area (Å²) in [6.45, 7) is 1.16. The zero-order valence-corrected chi connectivity index (χ0v) is 9.45. The summed E-state index contributed by atoms with van der Waals surface area (Å²) in [6, 6.07) is 4.63. The van der Waals surface area contributed by atoms with Gasteiger partial charge in [-0.3, -0.25) is 4.79 Å². The van der Waals surface area contributed by atoms with Crippen molar-refractivity contribution in [1.82, 2.24) is 5.32 Å². The normalized spacial score (nSPS) is 16.6. The van der Waals surface area contributed by atoms with Crippen LogP contribution in [0.15, 0.2) is 18.2 Å². The molecular weight excluding hydrogens is 223 g/mol. The average molecular weight is 238 g/mol. The predicted octanol–water partition coefficient (Wildman–Crippen LogP) is 0.644. The zero-order valence-electron chi connectivity index (χ0n) is 9.45. The van der Waals surface area contributed by atoms with Gasteiger partial charge in [0.2, 0.25) is 5.91 Å². The Morgan fingerprint density at radius 1 is 1.47 bits per heavy atom. The standard InChI is InChI=1S/C12H15FN2O2/c13-10-3-1-4-11(9(10)8-16)15-6-2-5-14-12(17)7-15/h1,3-4,16H,2,5-8H2,(H,14,17). The summed E-state index contributed by atoms with van der Waals surface area (Å²) in [4.78, 5) is 13.2. The van der Waals surface area contributed by atoms with Crippen molar-refractivity contribution in [2.24, 2.45) is 0 Å². The molecule has 0 saturated carbocycles. The molecule has 1 aromatic carbocycles. The fourth-order valence-corrected chi connectivity index (χ4v) is 2.01. The van der Waals surface area contributed by atoms with Crippen molar-refractivity contribution in [3.05, 3.63) is 29.6 Å². The van der Waals surface area contributed by atoms with E-state index in [-0.39, 0.29) is 24.6 Å². The van der Waals surface area contributed by atoms with Crippen LogP contribution in [0, 0.1) is 5.82 Å². The number of hydrogen-bond donors (Lipinski definition) is 2. The highest BCUT2D eigenvalue weighted by Crippen LogP contribution is 2.23. The molecule has 1 amide bonds. The van der Waals surface area contributed by atoms with Gasteiger partial charge in [-0.05, 0) is 18.6 Å². The number of nitrogens with zero attached hydrogens (tertiary/aromatic N) is 1. The highest BCUT2D eigenvalue weighted by Gasteiger charge is 2.18. The number of hydrogen-bond acceptors (Lipinski definition) is 3. The third-order valence-electron chi connectivity index (χ3n) is 2.85. The van der Waals surface area contributed by atoms with Crippen LogP contribution >= 0.6 is 0 Å². The van der Waals surface area contributed by atoms with E-state index in [9.17, 15) is 14.3 Å². The summed E-state index contributed by atoms with van der Waals surface area (Å²) in [7, 11) is 0. The van der Waals surface area contributed by atoms with Gasteiger partial charge in [0.25, 0.3) is 0 Å². The van der Waals surface area contributed by atoms with Crippen molar-refractivity contribution in [1.29, 1.82) is 0 Å². The smallest absolute Gasteiger partial charge is 0.239 e. The van der Waals surface area contributed by atoms with Gasteiger partial charge in [-0.15, -0.1) is 0 Å². The molecule has 2 rings (SSSR count). The van der Waals surface area contributed by atoms with E-state index in [1.54, 1.807) is 17.0 Å². The third-order valence-corrected chi connectivity index (χ3v) is 2.85. The maximum atomic E-state index is 13.5. The number of rotatable bonds is 2. The lowest BCUT2D eigenvalue weighted by Crippen LogP contribution is -2.33. The maximum Gasteiger partial charge on any atom is 0.239 e. The molecule has 0 spiro atoms. The van der Waals surface area contributed by atoms with E-state index in [0.29, 0.717) is 18.8 Å². The minimum atomic E-state index is -0.436. The maximum absolute atomic E-state index is 13.5. The van der Waals surface area contributed by atoms with E-state index in [1.807, 2.05) is 0 Å². The first kappa shape index (κ1) is 11.9. The van der Waals surface area contributed by atoms with Gasteiger partial charge in [0.1, 0.15) is 5.82 Å². The Bertz CT molecular complexity index is 423. The second-order valence-corrected chi connectivity index (χ2v) is 4.02. The van der Waals surface area contributed by atoms with E-state index in [2.05, 4.69) is 5.32 Å². The number of carbonyl (C=O) groups is 1. The van der Waals surface area contributed by atoms with Gasteiger partial charge in [0.05, 0.1) is 13.2 Å². The lowest BCUT2D eigenvalue weighted by Gasteiger charge is -2.23. The molecule has 1 aliphatic rings. The number of nitrogens with one attached hydrogen (secondary N) is 1. The second kappa shape index (κ2) is 5.14. The molecule has 5 heteroatoms. The van der Waals surface area contributed by atoms with Crippen molar-refractivity contribution in [3.63, 3.8) is 0 Å². The molecule has 1 aromatic rings. The van der Waals surface area contributed by atoms with Gasteiger partial charge in [-0.1, -0.05) is 6.07 Å². The largest absolute Gasteiger partial charge is 0.391 e. The van der Waals surface area contributed by atoms with Crippen molar-refractivity contribution in [2.75, 3.05) is 24.5 Å². The van der Waals surface area contributed by atoms with Crippen molar-refractivity contribution >= 4 is 11.6 Å². The van der Waals surface area contributed by atoms with Crippen molar-refractivity contribution < 1.29 is 14.3 Å². The molecule has 1 fully saturated rings. The van der Waals surface area contributed by atoms with Crippen LogP contribution in [0.3, 0.4) is 0 Å². The molecule has 0 unspecified atom stereocenters. The first-order chi connectivity index (χ1) is 8.22. The molecular formula is C12H15FN2O2. The van der Waals surface area contributed by atoms with Gasteiger partial charge in [-0.25, -0.2) is 4.39 Å². The molecule has 92 valence electrons. The highest BCUT2D eigenvalue weighted by atomic mass is 19.1. The van der Waals surface area contributed by atoms with Crippen LogP contribution in [0.5, 0.6) is 0 Å². The van der Waals surface area contributed by atoms with Crippen molar-refractivity contribution in [2.45, 2.75) is 13.0 Å². The molecule has 1 heterocycles. The van der Waals surface area contributed by atoms with Crippen LogP contribution < -0.4 is 10.2 Å². The quantitative estimate of drug-likeness (QED) is 0.795. The molecule has 0 aliphatic carbocycles. The van der Waals surface area contributed by atoms with Gasteiger partial charge >= 0.3 is 0 Å². The van der Waals surface area contributed by atoms with Crippen LogP contribution in [-0.2, 0) is 11.4 Å². The van der Waals surface area contributed by atoms with E-state index in [1.165, 1.54) is 6.07 Å². The molecule has 0 radical (unpaired) electrons. The molecule has 0 atom stereocenters. The summed E-state index contributed by atoms with van der Waals surface area (Å²) in [5.41, 5.74) is 0.853. The summed E-state index contributed by atoms with van der Waals surface area (Å²) >= 11 is 0. The number of anilines is 1. The number of halogens is 1. The molecule has 2 N–H and O–H groups in total. The van der Waals surface area contributed by atoms with Crippen LogP contribution in [0.2, 0.25) is 0 Å². The Labute approximate surface area is 99.0 Å². The van der Waals surface area contributed by atoms with E-state index in [4.69, 9.17) is 0 Å². The van der Waals surface area contributed by atoms with E-state index in [0.717, 1.165) is 6.42 Å². The topological polar surface area (TPSA) is 52.6 Å². The second-order valence-electron chi connectivity index (χ2n) is 4.02. The number of amides is 1. The van der Waals surface area contributed by atoms with E-state index >= 15 is 0 Å². The average Bonchev–Trinajstić information content (AvgIpc) is 2.53. The summed E-state index contributed by atoms with van der Waals surface area (Å²) in [5.74, 6) is -0.509. The number of aliphatic hydroxyl groups is 1. The zero-order chi connectivity index (χ0) is 12.3. The Kier molecular flexibility index (Phi) is 3.58. The fourth-order valence-electron chi connectivity index (χ4n) is 2.01. The Hall–Kier alpha value is -1.62. The van der Waals surface area contributed by atoms with Crippen LogP contribution in [0.4, 0.5) is 10.1 Å². The Balaban J connectivity index is 2.31. The molecule has 1 aliphatic heterocycles. The molecule has 4 nitrogen and oxygen atoms in total. The fraction of sp³-hybridized carbons (Fsp3) is 0.417. The lowest BCUT2D eigenvalue weighted by molar-refractivity contribution is -0.119. The summed E-state index contributed by atoms with van der Waals surface area (Å²) < 4.78 is 13.5. The van der Waals surface area contributed by atoms with Gasteiger partial charge in [-0.2, -0.15) is 0 Å². The monoisotopic (exact) mass is 238 g/mol. The van der Waals surface area contributed by atoms with Gasteiger partial charge < -0.3 is 15.3 Å². The minimum Gasteiger partial charge on any atom is -0.391 e. The van der Waals surface area contributed by atoms with Crippen molar-refractivity contribution in [3.8, 4) is 0 Å². The minimum absolute atomic E-state index is 0.0735. The lowest BCUT2D eigenvalue weighted by atomic mass is 10.1. The van der Waals surface area contributed by atoms with Crippen LogP contribution in [0.25, 0.3) is 0 Å². The Morgan fingerprint density at radius 2 is 2.29 bits per heavy atom. The molecule has 0 bridgehead atoms.